The van der Waals surface area contributed by atoms with E-state index in [0.717, 1.165) is 12.1 Å². The fraction of sp³-hybridized carbons (Fsp3) is 0.143. The number of halogens is 4. The highest BCUT2D eigenvalue weighted by Gasteiger charge is 2.35. The molecule has 0 bridgehead atoms. The quantitative estimate of drug-likeness (QED) is 0.847. The molecular weight excluding hydrogens is 265 g/mol. The zero-order valence-electron chi connectivity index (χ0n) is 6.60. The Kier molecular flexibility index (Phi) is 2.79. The summed E-state index contributed by atoms with van der Waals surface area (Å²) in [6, 6.07) is 2.19. The first-order valence-corrected chi connectivity index (χ1v) is 4.15. The molecule has 0 aliphatic heterocycles. The maximum Gasteiger partial charge on any atom is 0.434 e. The second-order valence-electron chi connectivity index (χ2n) is 2.39. The Balaban J connectivity index is 3.29. The summed E-state index contributed by atoms with van der Waals surface area (Å²) in [5.41, 5.74) is 3.22. The van der Waals surface area contributed by atoms with Crippen molar-refractivity contribution in [2.24, 2.45) is 5.73 Å². The summed E-state index contributed by atoms with van der Waals surface area (Å²) in [5.74, 6) is -0.997. The van der Waals surface area contributed by atoms with Crippen molar-refractivity contribution in [3.05, 3.63) is 28.0 Å². The van der Waals surface area contributed by atoms with E-state index in [1.165, 1.54) is 0 Å². The molecule has 0 saturated heterocycles. The highest BCUT2D eigenvalue weighted by molar-refractivity contribution is 9.10. The van der Waals surface area contributed by atoms with E-state index in [1.54, 1.807) is 0 Å². The summed E-state index contributed by atoms with van der Waals surface area (Å²) in [6.07, 6.45) is -4.61. The van der Waals surface area contributed by atoms with E-state index in [9.17, 15) is 18.0 Å². The summed E-state index contributed by atoms with van der Waals surface area (Å²) in [6.45, 7) is 0. The second kappa shape index (κ2) is 3.56. The van der Waals surface area contributed by atoms with Gasteiger partial charge in [-0.15, -0.1) is 0 Å². The van der Waals surface area contributed by atoms with Crippen molar-refractivity contribution >= 4 is 21.8 Å². The molecule has 3 nitrogen and oxygen atoms in total. The van der Waals surface area contributed by atoms with Gasteiger partial charge in [0.25, 0.3) is 5.91 Å². The number of carbonyl (C=O) groups excluding carboxylic acids is 1. The summed E-state index contributed by atoms with van der Waals surface area (Å²) in [7, 11) is 0. The average molecular weight is 269 g/mol. The molecule has 0 aliphatic carbocycles. The van der Waals surface area contributed by atoms with Gasteiger partial charge in [-0.2, -0.15) is 13.2 Å². The van der Waals surface area contributed by atoms with Crippen molar-refractivity contribution in [1.82, 2.24) is 4.98 Å². The van der Waals surface area contributed by atoms with E-state index in [0.29, 0.717) is 0 Å². The number of hydrogen-bond acceptors (Lipinski definition) is 2. The predicted molar refractivity (Wildman–Crippen MR) is 45.5 cm³/mol. The minimum Gasteiger partial charge on any atom is -0.364 e. The lowest BCUT2D eigenvalue weighted by atomic mass is 10.3. The Hall–Kier alpha value is -1.11. The van der Waals surface area contributed by atoms with Crippen LogP contribution in [0.1, 0.15) is 16.2 Å². The molecule has 0 fully saturated rings. The fourth-order valence-corrected chi connectivity index (χ4v) is 1.22. The number of carbonyl (C=O) groups is 1. The standard InChI is InChI=1S/C7H4BrF3N2O/c8-3-1-2-4(6(12)14)13-5(3)7(9,10)11/h1-2H,(H2,12,14). The third-order valence-electron chi connectivity index (χ3n) is 1.37. The number of hydrogen-bond donors (Lipinski definition) is 1. The third-order valence-corrected chi connectivity index (χ3v) is 2.01. The largest absolute Gasteiger partial charge is 0.434 e. The molecule has 7 heteroatoms. The number of nitrogens with zero attached hydrogens (tertiary/aromatic N) is 1. The van der Waals surface area contributed by atoms with Crippen LogP contribution in [0.5, 0.6) is 0 Å². The molecule has 1 aromatic rings. The van der Waals surface area contributed by atoms with E-state index in [-0.39, 0.29) is 4.47 Å². The predicted octanol–water partition coefficient (Wildman–Crippen LogP) is 1.96. The molecule has 1 amide bonds. The summed E-state index contributed by atoms with van der Waals surface area (Å²) < 4.78 is 36.5. The maximum absolute atomic E-state index is 12.2. The highest BCUT2D eigenvalue weighted by atomic mass is 79.9. The number of alkyl halides is 3. The van der Waals surface area contributed by atoms with Crippen molar-refractivity contribution < 1.29 is 18.0 Å². The van der Waals surface area contributed by atoms with E-state index < -0.39 is 23.5 Å². The van der Waals surface area contributed by atoms with Crippen molar-refractivity contribution in [1.29, 1.82) is 0 Å². The van der Waals surface area contributed by atoms with Gasteiger partial charge in [0.1, 0.15) is 5.69 Å². The van der Waals surface area contributed by atoms with Crippen LogP contribution in [-0.4, -0.2) is 10.9 Å². The van der Waals surface area contributed by atoms with Crippen LogP contribution in [0.4, 0.5) is 13.2 Å². The average Bonchev–Trinajstić information content (AvgIpc) is 2.02. The van der Waals surface area contributed by atoms with Gasteiger partial charge in [-0.25, -0.2) is 4.98 Å². The number of nitrogens with two attached hydrogens (primary N) is 1. The Morgan fingerprint density at radius 1 is 1.43 bits per heavy atom. The molecule has 0 radical (unpaired) electrons. The molecule has 0 unspecified atom stereocenters. The molecule has 76 valence electrons. The Morgan fingerprint density at radius 2 is 2.00 bits per heavy atom. The highest BCUT2D eigenvalue weighted by Crippen LogP contribution is 2.33. The summed E-state index contributed by atoms with van der Waals surface area (Å²) >= 11 is 2.68. The minimum atomic E-state index is -4.61. The Labute approximate surface area is 85.2 Å². The number of primary amides is 1. The number of pyridine rings is 1. The van der Waals surface area contributed by atoms with Gasteiger partial charge < -0.3 is 5.73 Å². The topological polar surface area (TPSA) is 56.0 Å². The van der Waals surface area contributed by atoms with E-state index in [4.69, 9.17) is 5.73 Å². The van der Waals surface area contributed by atoms with Gasteiger partial charge in [0, 0.05) is 4.47 Å². The Morgan fingerprint density at radius 3 is 2.43 bits per heavy atom. The van der Waals surface area contributed by atoms with Crippen molar-refractivity contribution in [3.8, 4) is 0 Å². The molecule has 0 aromatic carbocycles. The van der Waals surface area contributed by atoms with Crippen LogP contribution in [0.2, 0.25) is 0 Å². The van der Waals surface area contributed by atoms with Gasteiger partial charge in [0.2, 0.25) is 0 Å². The molecule has 1 rings (SSSR count). The van der Waals surface area contributed by atoms with Crippen molar-refractivity contribution in [3.63, 3.8) is 0 Å². The van der Waals surface area contributed by atoms with Crippen LogP contribution < -0.4 is 5.73 Å². The Bertz CT molecular complexity index is 378. The van der Waals surface area contributed by atoms with Gasteiger partial charge in [0.15, 0.2) is 5.69 Å². The van der Waals surface area contributed by atoms with E-state index >= 15 is 0 Å². The smallest absolute Gasteiger partial charge is 0.364 e. The fourth-order valence-electron chi connectivity index (χ4n) is 0.778. The van der Waals surface area contributed by atoms with E-state index in [1.807, 2.05) is 0 Å². The molecule has 14 heavy (non-hydrogen) atoms. The number of aromatic nitrogens is 1. The minimum absolute atomic E-state index is 0.227. The maximum atomic E-state index is 12.2. The zero-order valence-corrected chi connectivity index (χ0v) is 8.19. The van der Waals surface area contributed by atoms with Crippen LogP contribution in [0.3, 0.4) is 0 Å². The summed E-state index contributed by atoms with van der Waals surface area (Å²) in [4.78, 5) is 13.7. The summed E-state index contributed by atoms with van der Waals surface area (Å²) in [5, 5.41) is 0. The molecule has 0 atom stereocenters. The van der Waals surface area contributed by atoms with Crippen LogP contribution in [0.15, 0.2) is 16.6 Å². The molecule has 0 aliphatic rings. The molecule has 1 heterocycles. The third kappa shape index (κ3) is 2.22. The lowest BCUT2D eigenvalue weighted by molar-refractivity contribution is -0.141. The second-order valence-corrected chi connectivity index (χ2v) is 3.24. The number of rotatable bonds is 1. The SMILES string of the molecule is NC(=O)c1ccc(Br)c(C(F)(F)F)n1. The van der Waals surface area contributed by atoms with Crippen molar-refractivity contribution in [2.45, 2.75) is 6.18 Å². The molecule has 1 aromatic heterocycles. The van der Waals surface area contributed by atoms with Gasteiger partial charge in [-0.05, 0) is 28.1 Å². The first-order valence-electron chi connectivity index (χ1n) is 3.36. The monoisotopic (exact) mass is 268 g/mol. The van der Waals surface area contributed by atoms with Crippen LogP contribution in [-0.2, 0) is 6.18 Å². The molecule has 0 saturated carbocycles. The zero-order chi connectivity index (χ0) is 10.9. The van der Waals surface area contributed by atoms with Gasteiger partial charge in [0.05, 0.1) is 0 Å². The lowest BCUT2D eigenvalue weighted by Gasteiger charge is -2.08. The van der Waals surface area contributed by atoms with E-state index in [2.05, 4.69) is 20.9 Å². The lowest BCUT2D eigenvalue weighted by Crippen LogP contribution is -2.17. The van der Waals surface area contributed by atoms with Crippen LogP contribution >= 0.6 is 15.9 Å². The normalized spacial score (nSPS) is 11.4. The molecule has 2 N–H and O–H groups in total. The first-order chi connectivity index (χ1) is 6.32. The molecule has 0 spiro atoms. The first kappa shape index (κ1) is 11.0. The number of amides is 1. The van der Waals surface area contributed by atoms with Crippen molar-refractivity contribution in [2.75, 3.05) is 0 Å². The van der Waals surface area contributed by atoms with Gasteiger partial charge in [-0.1, -0.05) is 0 Å². The molecular formula is C7H4BrF3N2O. The van der Waals surface area contributed by atoms with Crippen LogP contribution in [0, 0.1) is 0 Å². The van der Waals surface area contributed by atoms with Crippen LogP contribution in [0.25, 0.3) is 0 Å². The van der Waals surface area contributed by atoms with Gasteiger partial charge in [-0.3, -0.25) is 4.79 Å². The van der Waals surface area contributed by atoms with Gasteiger partial charge >= 0.3 is 6.18 Å².